The second-order valence-electron chi connectivity index (χ2n) is 2.04. The van der Waals surface area contributed by atoms with Gasteiger partial charge in [0.2, 0.25) is 0 Å². The predicted octanol–water partition coefficient (Wildman–Crippen LogP) is -3.17. The van der Waals surface area contributed by atoms with Crippen LogP contribution in [0.2, 0.25) is 0 Å². The summed E-state index contributed by atoms with van der Waals surface area (Å²) in [5, 5.41) is 16.4. The van der Waals surface area contributed by atoms with Crippen LogP contribution in [0.1, 0.15) is 0 Å². The van der Waals surface area contributed by atoms with E-state index in [1.54, 1.807) is 15.7 Å². The summed E-state index contributed by atoms with van der Waals surface area (Å²) in [4.78, 5) is 9.81. The highest BCUT2D eigenvalue weighted by atomic mass is 16.6. The summed E-state index contributed by atoms with van der Waals surface area (Å²) < 4.78 is 0. The normalized spacial score (nSPS) is 9.60. The van der Waals surface area contributed by atoms with Gasteiger partial charge in [0.1, 0.15) is 0 Å². The van der Waals surface area contributed by atoms with Gasteiger partial charge >= 0.3 is 0 Å². The Morgan fingerprint density at radius 1 is 1.60 bits per heavy atom. The molecule has 0 spiro atoms. The van der Waals surface area contributed by atoms with Crippen molar-refractivity contribution in [1.82, 2.24) is 10.2 Å². The summed E-state index contributed by atoms with van der Waals surface area (Å²) in [5.41, 5.74) is 1.02. The van der Waals surface area contributed by atoms with Crippen LogP contribution in [0.5, 0.6) is 0 Å². The minimum absolute atomic E-state index is 0.0833. The number of aromatic amines is 1. The molecule has 0 aliphatic carbocycles. The molecule has 1 rings (SSSR count). The van der Waals surface area contributed by atoms with Gasteiger partial charge < -0.3 is 0 Å². The Labute approximate surface area is 58.8 Å². The van der Waals surface area contributed by atoms with Crippen molar-refractivity contribution in [1.29, 1.82) is 0 Å². The maximum absolute atomic E-state index is 10.2. The molecule has 1 aromatic rings. The van der Waals surface area contributed by atoms with E-state index in [-0.39, 0.29) is 5.69 Å². The Kier molecular flexibility index (Phi) is 1.48. The molecule has 0 atom stereocenters. The zero-order valence-electron chi connectivity index (χ0n) is 5.71. The van der Waals surface area contributed by atoms with E-state index >= 15 is 0 Å². The third kappa shape index (κ3) is 0.896. The van der Waals surface area contributed by atoms with Crippen molar-refractivity contribution >= 4 is 32.6 Å². The van der Waals surface area contributed by atoms with Gasteiger partial charge in [0.25, 0.3) is 5.69 Å². The number of H-pyrrole nitrogens is 1. The van der Waals surface area contributed by atoms with E-state index in [1.807, 2.05) is 0 Å². The van der Waals surface area contributed by atoms with Crippen molar-refractivity contribution in [3.8, 4) is 0 Å². The van der Waals surface area contributed by atoms with Crippen LogP contribution in [-0.4, -0.2) is 30.8 Å². The molecule has 1 aromatic heterocycles. The predicted molar refractivity (Wildman–Crippen MR) is 41.6 cm³/mol. The van der Waals surface area contributed by atoms with Crippen LogP contribution in [-0.2, 0) is 0 Å². The number of nitro groups is 1. The van der Waals surface area contributed by atoms with Crippen molar-refractivity contribution in [3.63, 3.8) is 0 Å². The molecule has 0 bridgehead atoms. The molecule has 0 aliphatic heterocycles. The average molecular weight is 137 g/mol. The zero-order chi connectivity index (χ0) is 7.72. The van der Waals surface area contributed by atoms with Crippen molar-refractivity contribution in [2.24, 2.45) is 0 Å². The summed E-state index contributed by atoms with van der Waals surface area (Å²) in [5.74, 6) is 0. The first kappa shape index (κ1) is 6.85. The maximum Gasteiger partial charge on any atom is 0.292 e. The maximum atomic E-state index is 10.2. The van der Waals surface area contributed by atoms with Crippen molar-refractivity contribution < 1.29 is 4.92 Å². The largest absolute Gasteiger partial charge is 0.292 e. The van der Waals surface area contributed by atoms with E-state index in [0.717, 1.165) is 0 Å². The molecule has 5 nitrogen and oxygen atoms in total. The second kappa shape index (κ2) is 2.17. The van der Waals surface area contributed by atoms with E-state index in [0.29, 0.717) is 11.2 Å². The van der Waals surface area contributed by atoms with Crippen LogP contribution in [0.4, 0.5) is 5.69 Å². The molecular weight excluding hydrogens is 132 g/mol. The Morgan fingerprint density at radius 3 is 2.40 bits per heavy atom. The molecule has 0 aliphatic rings. The number of nitrogens with zero attached hydrogens (tertiary/aromatic N) is 2. The van der Waals surface area contributed by atoms with Crippen LogP contribution in [0.3, 0.4) is 0 Å². The molecule has 7 heteroatoms. The molecule has 0 saturated heterocycles. The fraction of sp³-hybridized carbons (Fsp3) is 0. The first-order chi connectivity index (χ1) is 4.63. The fourth-order valence-electron chi connectivity index (χ4n) is 0.814. The molecule has 0 saturated carbocycles. The van der Waals surface area contributed by atoms with Crippen LogP contribution in [0, 0.1) is 10.1 Å². The van der Waals surface area contributed by atoms with E-state index in [4.69, 9.17) is 0 Å². The molecule has 1 heterocycles. The van der Waals surface area contributed by atoms with Crippen LogP contribution in [0.25, 0.3) is 0 Å². The van der Waals surface area contributed by atoms with Gasteiger partial charge in [0, 0.05) is 0 Å². The summed E-state index contributed by atoms with van der Waals surface area (Å²) in [6.45, 7) is 0. The Bertz CT molecular complexity index is 251. The molecule has 10 heavy (non-hydrogen) atoms. The number of hydrogen-bond donors (Lipinski definition) is 1. The molecule has 50 valence electrons. The van der Waals surface area contributed by atoms with Gasteiger partial charge in [-0.2, -0.15) is 5.10 Å². The van der Waals surface area contributed by atoms with Gasteiger partial charge in [0.05, 0.1) is 16.1 Å². The lowest BCUT2D eigenvalue weighted by molar-refractivity contribution is -0.382. The number of rotatable bonds is 1. The number of hydrogen-bond acceptors (Lipinski definition) is 3. The molecule has 0 radical (unpaired) electrons. The molecule has 1 N–H and O–H groups in total. The van der Waals surface area contributed by atoms with Crippen molar-refractivity contribution in [2.45, 2.75) is 0 Å². The summed E-state index contributed by atoms with van der Waals surface area (Å²) in [7, 11) is 3.22. The Morgan fingerprint density at radius 2 is 2.20 bits per heavy atom. The quantitative estimate of drug-likeness (QED) is 0.252. The first-order valence-electron chi connectivity index (χ1n) is 2.79. The topological polar surface area (TPSA) is 71.8 Å². The van der Waals surface area contributed by atoms with Gasteiger partial charge in [-0.25, -0.2) is 0 Å². The van der Waals surface area contributed by atoms with E-state index in [1.165, 1.54) is 0 Å². The second-order valence-corrected chi connectivity index (χ2v) is 2.04. The molecule has 0 aromatic carbocycles. The Balaban J connectivity index is 3.23. The van der Waals surface area contributed by atoms with E-state index in [2.05, 4.69) is 10.2 Å². The van der Waals surface area contributed by atoms with Gasteiger partial charge in [-0.1, -0.05) is 0 Å². The lowest BCUT2D eigenvalue weighted by Crippen LogP contribution is -2.14. The molecular formula is C3H5B2N3O2. The van der Waals surface area contributed by atoms with E-state index in [9.17, 15) is 10.1 Å². The first-order valence-corrected chi connectivity index (χ1v) is 2.79. The third-order valence-electron chi connectivity index (χ3n) is 1.27. The Hall–Kier alpha value is -1.26. The summed E-state index contributed by atoms with van der Waals surface area (Å²) in [6, 6.07) is 0. The van der Waals surface area contributed by atoms with Crippen LogP contribution in [0.15, 0.2) is 0 Å². The zero-order valence-corrected chi connectivity index (χ0v) is 5.71. The minimum atomic E-state index is -0.436. The van der Waals surface area contributed by atoms with Gasteiger partial charge in [-0.05, 0) is 0 Å². The third-order valence-corrected chi connectivity index (χ3v) is 1.27. The highest BCUT2D eigenvalue weighted by molar-refractivity contribution is 6.40. The lowest BCUT2D eigenvalue weighted by Gasteiger charge is -1.86. The SMILES string of the molecule is Bc1n[nH]c(B)c1[N+](=O)[O-]. The standard InChI is InChI=1S/C3H5B2N3O2/c4-2-1(8(9)10)3(5)7-6-2/h4-5H2,(H,6,7). The van der Waals surface area contributed by atoms with Gasteiger partial charge in [-0.3, -0.25) is 15.2 Å². The summed E-state index contributed by atoms with van der Waals surface area (Å²) >= 11 is 0. The van der Waals surface area contributed by atoms with Crippen LogP contribution >= 0.6 is 0 Å². The molecule has 0 unspecified atom stereocenters. The van der Waals surface area contributed by atoms with Crippen molar-refractivity contribution in [3.05, 3.63) is 10.1 Å². The monoisotopic (exact) mass is 137 g/mol. The fourth-order valence-corrected chi connectivity index (χ4v) is 0.814. The molecule has 0 fully saturated rings. The van der Waals surface area contributed by atoms with Gasteiger partial charge in [0.15, 0.2) is 15.7 Å². The highest BCUT2D eigenvalue weighted by Crippen LogP contribution is 1.96. The van der Waals surface area contributed by atoms with E-state index < -0.39 is 4.92 Å². The highest BCUT2D eigenvalue weighted by Gasteiger charge is 2.15. The molecule has 0 amide bonds. The summed E-state index contributed by atoms with van der Waals surface area (Å²) in [6.07, 6.45) is 0. The smallest absolute Gasteiger partial charge is 0.286 e. The van der Waals surface area contributed by atoms with Gasteiger partial charge in [-0.15, -0.1) is 0 Å². The number of aromatic nitrogens is 2. The van der Waals surface area contributed by atoms with Crippen LogP contribution < -0.4 is 11.2 Å². The lowest BCUT2D eigenvalue weighted by atomic mass is 9.96. The minimum Gasteiger partial charge on any atom is -0.286 e. The average Bonchev–Trinajstić information content (AvgIpc) is 2.11. The van der Waals surface area contributed by atoms with Crippen molar-refractivity contribution in [2.75, 3.05) is 0 Å². The number of nitrogens with one attached hydrogen (secondary N) is 1.